The van der Waals surface area contributed by atoms with Crippen molar-refractivity contribution in [2.75, 3.05) is 31.1 Å². The minimum atomic E-state index is -0.640. The maximum Gasteiger partial charge on any atom is 0.327 e. The van der Waals surface area contributed by atoms with E-state index in [-0.39, 0.29) is 18.0 Å². The molecule has 0 aliphatic carbocycles. The summed E-state index contributed by atoms with van der Waals surface area (Å²) in [6, 6.07) is 10.7. The first kappa shape index (κ1) is 19.8. The number of amides is 3. The summed E-state index contributed by atoms with van der Waals surface area (Å²) in [6.07, 6.45) is 3.56. The van der Waals surface area contributed by atoms with E-state index < -0.39 is 5.54 Å². The molecule has 1 spiro atoms. The normalized spacial score (nSPS) is 25.5. The molecule has 5 nitrogen and oxygen atoms in total. The second-order valence-corrected chi connectivity index (χ2v) is 9.67. The molecule has 4 rings (SSSR count). The molecule has 1 atom stereocenters. The van der Waals surface area contributed by atoms with Crippen LogP contribution in [0.15, 0.2) is 30.3 Å². The zero-order valence-corrected chi connectivity index (χ0v) is 17.8. The predicted molar refractivity (Wildman–Crippen MR) is 113 cm³/mol. The van der Waals surface area contributed by atoms with Crippen molar-refractivity contribution in [3.05, 3.63) is 35.9 Å². The maximum atomic E-state index is 13.4. The van der Waals surface area contributed by atoms with Crippen LogP contribution >= 0.6 is 11.8 Å². The topological polar surface area (TPSA) is 43.9 Å². The summed E-state index contributed by atoms with van der Waals surface area (Å²) in [6.45, 7) is 6.32. The lowest BCUT2D eigenvalue weighted by atomic mass is 9.84. The molecule has 0 bridgehead atoms. The quantitative estimate of drug-likeness (QED) is 0.711. The number of hydrogen-bond donors (Lipinski definition) is 0. The number of urea groups is 1. The van der Waals surface area contributed by atoms with E-state index in [2.05, 4.69) is 17.0 Å². The van der Waals surface area contributed by atoms with E-state index in [4.69, 9.17) is 0 Å². The third-order valence-electron chi connectivity index (χ3n) is 6.60. The van der Waals surface area contributed by atoms with Crippen molar-refractivity contribution in [3.63, 3.8) is 0 Å². The van der Waals surface area contributed by atoms with Gasteiger partial charge in [-0.05, 0) is 50.8 Å². The third kappa shape index (κ3) is 3.45. The van der Waals surface area contributed by atoms with E-state index in [0.29, 0.717) is 12.6 Å². The van der Waals surface area contributed by atoms with Crippen LogP contribution < -0.4 is 0 Å². The van der Waals surface area contributed by atoms with E-state index in [0.717, 1.165) is 32.4 Å². The minimum Gasteiger partial charge on any atom is -0.309 e. The molecule has 1 aromatic carbocycles. The Hall–Kier alpha value is -1.53. The first-order valence-electron chi connectivity index (χ1n) is 10.5. The van der Waals surface area contributed by atoms with Crippen LogP contribution in [0.1, 0.15) is 38.7 Å². The van der Waals surface area contributed by atoms with Gasteiger partial charge in [0, 0.05) is 37.5 Å². The van der Waals surface area contributed by atoms with Crippen molar-refractivity contribution >= 4 is 23.7 Å². The molecule has 0 N–H and O–H groups in total. The van der Waals surface area contributed by atoms with E-state index in [1.807, 2.05) is 48.7 Å². The zero-order chi connectivity index (χ0) is 19.7. The highest BCUT2D eigenvalue weighted by Crippen LogP contribution is 2.39. The average molecular weight is 402 g/mol. The molecule has 3 saturated heterocycles. The maximum absolute atomic E-state index is 13.4. The number of benzene rings is 1. The van der Waals surface area contributed by atoms with Crippen molar-refractivity contribution in [1.82, 2.24) is 14.7 Å². The molecule has 1 aromatic rings. The van der Waals surface area contributed by atoms with Crippen LogP contribution in [0.4, 0.5) is 4.79 Å². The molecular weight excluding hydrogens is 370 g/mol. The molecular formula is C22H31N3O2S. The highest BCUT2D eigenvalue weighted by atomic mass is 32.2. The molecule has 0 radical (unpaired) electrons. The summed E-state index contributed by atoms with van der Waals surface area (Å²) >= 11 is 2.03. The minimum absolute atomic E-state index is 0.0287. The van der Waals surface area contributed by atoms with Gasteiger partial charge in [-0.1, -0.05) is 30.3 Å². The number of likely N-dealkylation sites (tertiary alicyclic amines) is 1. The zero-order valence-electron chi connectivity index (χ0n) is 17.0. The van der Waals surface area contributed by atoms with Crippen LogP contribution in [0.2, 0.25) is 0 Å². The molecule has 0 saturated carbocycles. The molecule has 6 heteroatoms. The fourth-order valence-electron chi connectivity index (χ4n) is 4.94. The number of hydrogen-bond acceptors (Lipinski definition) is 4. The van der Waals surface area contributed by atoms with E-state index >= 15 is 0 Å². The molecule has 0 aromatic heterocycles. The average Bonchev–Trinajstić information content (AvgIpc) is 3.29. The van der Waals surface area contributed by atoms with Crippen molar-refractivity contribution in [2.24, 2.45) is 0 Å². The summed E-state index contributed by atoms with van der Waals surface area (Å²) in [4.78, 5) is 32.6. The van der Waals surface area contributed by atoms with Crippen molar-refractivity contribution in [2.45, 2.75) is 57.2 Å². The molecule has 3 aliphatic rings. The Bertz CT molecular complexity index is 710. The standard InChI is InChI=1S/C22H31N3O2S/c1-17(2)25-20(26)22(10-13-23(14-11-22)19-9-15-28-16-19)24(21(25)27)12-8-18-6-4-3-5-7-18/h3-7,17,19H,8-16H2,1-2H3/t19-/m0/s1. The number of piperidine rings is 1. The number of nitrogens with zero attached hydrogens (tertiary/aromatic N) is 3. The molecule has 3 amide bonds. The van der Waals surface area contributed by atoms with Crippen molar-refractivity contribution < 1.29 is 9.59 Å². The second-order valence-electron chi connectivity index (χ2n) is 8.52. The van der Waals surface area contributed by atoms with Gasteiger partial charge in [0.1, 0.15) is 5.54 Å². The van der Waals surface area contributed by atoms with Crippen molar-refractivity contribution in [3.8, 4) is 0 Å². The molecule has 3 fully saturated rings. The number of thioether (sulfide) groups is 1. The Labute approximate surface area is 172 Å². The van der Waals surface area contributed by atoms with E-state index in [9.17, 15) is 9.59 Å². The Balaban J connectivity index is 1.53. The Morgan fingerprint density at radius 3 is 2.46 bits per heavy atom. The van der Waals surface area contributed by atoms with Gasteiger partial charge in [-0.25, -0.2) is 4.79 Å². The highest BCUT2D eigenvalue weighted by Gasteiger charge is 2.58. The van der Waals surface area contributed by atoms with Crippen LogP contribution in [0.3, 0.4) is 0 Å². The summed E-state index contributed by atoms with van der Waals surface area (Å²) in [7, 11) is 0. The molecule has 0 unspecified atom stereocenters. The lowest BCUT2D eigenvalue weighted by molar-refractivity contribution is -0.136. The van der Waals surface area contributed by atoms with E-state index in [1.165, 1.54) is 28.4 Å². The molecule has 28 heavy (non-hydrogen) atoms. The fourth-order valence-corrected chi connectivity index (χ4v) is 6.20. The summed E-state index contributed by atoms with van der Waals surface area (Å²) in [5.41, 5.74) is 0.569. The van der Waals surface area contributed by atoms with Gasteiger partial charge in [-0.2, -0.15) is 11.8 Å². The lowest BCUT2D eigenvalue weighted by Crippen LogP contribution is -2.58. The number of imide groups is 1. The van der Waals surface area contributed by atoms with Gasteiger partial charge in [0.25, 0.3) is 5.91 Å². The first-order valence-corrected chi connectivity index (χ1v) is 11.7. The molecule has 3 aliphatic heterocycles. The smallest absolute Gasteiger partial charge is 0.309 e. The summed E-state index contributed by atoms with van der Waals surface area (Å²) in [5.74, 6) is 2.48. The van der Waals surface area contributed by atoms with Gasteiger partial charge in [-0.15, -0.1) is 0 Å². The molecule has 3 heterocycles. The second kappa shape index (κ2) is 8.07. The Morgan fingerprint density at radius 2 is 1.86 bits per heavy atom. The largest absolute Gasteiger partial charge is 0.327 e. The number of rotatable bonds is 5. The van der Waals surface area contributed by atoms with Crippen molar-refractivity contribution in [1.29, 1.82) is 0 Å². The van der Waals surface area contributed by atoms with Gasteiger partial charge in [-0.3, -0.25) is 14.6 Å². The summed E-state index contributed by atoms with van der Waals surface area (Å²) < 4.78 is 0. The first-order chi connectivity index (χ1) is 13.5. The lowest BCUT2D eigenvalue weighted by Gasteiger charge is -2.44. The third-order valence-corrected chi connectivity index (χ3v) is 7.75. The van der Waals surface area contributed by atoms with Gasteiger partial charge in [0.2, 0.25) is 0 Å². The monoisotopic (exact) mass is 401 g/mol. The Morgan fingerprint density at radius 1 is 1.14 bits per heavy atom. The SMILES string of the molecule is CC(C)N1C(=O)N(CCc2ccccc2)C2(CCN([C@H]3CCSC3)CC2)C1=O. The van der Waals surface area contributed by atoms with Crippen LogP contribution in [0.5, 0.6) is 0 Å². The van der Waals surface area contributed by atoms with Gasteiger partial charge < -0.3 is 4.90 Å². The molecule has 152 valence electrons. The van der Waals surface area contributed by atoms with Gasteiger partial charge in [0.05, 0.1) is 0 Å². The fraction of sp³-hybridized carbons (Fsp3) is 0.636. The van der Waals surface area contributed by atoms with Crippen LogP contribution in [0, 0.1) is 0 Å². The van der Waals surface area contributed by atoms with Crippen LogP contribution in [-0.4, -0.2) is 75.4 Å². The number of carbonyl (C=O) groups is 2. The Kier molecular flexibility index (Phi) is 5.70. The number of carbonyl (C=O) groups excluding carboxylic acids is 2. The van der Waals surface area contributed by atoms with Gasteiger partial charge >= 0.3 is 6.03 Å². The van der Waals surface area contributed by atoms with E-state index in [1.54, 1.807) is 0 Å². The highest BCUT2D eigenvalue weighted by molar-refractivity contribution is 7.99. The van der Waals surface area contributed by atoms with Crippen LogP contribution in [-0.2, 0) is 11.2 Å². The summed E-state index contributed by atoms with van der Waals surface area (Å²) in [5, 5.41) is 0. The van der Waals surface area contributed by atoms with Crippen LogP contribution in [0.25, 0.3) is 0 Å². The predicted octanol–water partition coefficient (Wildman–Crippen LogP) is 3.24. The van der Waals surface area contributed by atoms with Gasteiger partial charge in [0.15, 0.2) is 0 Å².